The molecule has 0 aliphatic carbocycles. The van der Waals surface area contributed by atoms with Crippen molar-refractivity contribution in [2.45, 2.75) is 45.9 Å². The lowest BCUT2D eigenvalue weighted by Gasteiger charge is -2.29. The molecule has 2 aliphatic rings. The highest BCUT2D eigenvalue weighted by Crippen LogP contribution is 2.33. The molecule has 2 aromatic carbocycles. The summed E-state index contributed by atoms with van der Waals surface area (Å²) >= 11 is 1.64. The summed E-state index contributed by atoms with van der Waals surface area (Å²) in [6.07, 6.45) is 1.81. The van der Waals surface area contributed by atoms with E-state index in [4.69, 9.17) is 14.2 Å². The normalized spacial score (nSPS) is 16.1. The van der Waals surface area contributed by atoms with E-state index in [2.05, 4.69) is 13.0 Å². The summed E-state index contributed by atoms with van der Waals surface area (Å²) in [7, 11) is 0. The smallest absolute Gasteiger partial charge is 0.254 e. The van der Waals surface area contributed by atoms with Crippen LogP contribution in [0, 0.1) is 13.8 Å². The van der Waals surface area contributed by atoms with Crippen LogP contribution >= 0.6 is 11.3 Å². The SMILES string of the molecule is Cc1ccccc1C(=O)N(CC(=O)N(Cc1ccc2c(c1)OCO2)Cc1sccc1C)C[C@H]1CCCO1. The number of nitrogens with zero attached hydrogens (tertiary/aromatic N) is 2. The molecule has 0 unspecified atom stereocenters. The number of aryl methyl sites for hydroxylation is 2. The van der Waals surface area contributed by atoms with Gasteiger partial charge in [-0.1, -0.05) is 24.3 Å². The summed E-state index contributed by atoms with van der Waals surface area (Å²) in [4.78, 5) is 32.1. The molecule has 8 heteroatoms. The largest absolute Gasteiger partial charge is 0.454 e. The Labute approximate surface area is 221 Å². The third-order valence-corrected chi connectivity index (χ3v) is 7.91. The number of thiophene rings is 1. The molecule has 1 aromatic heterocycles. The lowest BCUT2D eigenvalue weighted by Crippen LogP contribution is -2.45. The van der Waals surface area contributed by atoms with E-state index in [0.717, 1.165) is 34.4 Å². The van der Waals surface area contributed by atoms with Crippen LogP contribution in [0.25, 0.3) is 0 Å². The van der Waals surface area contributed by atoms with Crippen molar-refractivity contribution in [2.24, 2.45) is 0 Å². The number of carbonyl (C=O) groups excluding carboxylic acids is 2. The molecule has 1 saturated heterocycles. The number of amides is 2. The Kier molecular flexibility index (Phi) is 7.76. The van der Waals surface area contributed by atoms with Gasteiger partial charge in [0.05, 0.1) is 12.6 Å². The molecule has 37 heavy (non-hydrogen) atoms. The van der Waals surface area contributed by atoms with Crippen LogP contribution in [0.3, 0.4) is 0 Å². The fraction of sp³-hybridized carbons (Fsp3) is 0.379. The van der Waals surface area contributed by atoms with E-state index >= 15 is 0 Å². The Balaban J connectivity index is 1.39. The molecule has 3 aromatic rings. The molecule has 7 nitrogen and oxygen atoms in total. The summed E-state index contributed by atoms with van der Waals surface area (Å²) < 4.78 is 16.8. The number of ether oxygens (including phenoxy) is 3. The third-order valence-electron chi connectivity index (χ3n) is 6.90. The first kappa shape index (κ1) is 25.3. The van der Waals surface area contributed by atoms with E-state index in [1.165, 1.54) is 0 Å². The second-order valence-corrected chi connectivity index (χ2v) is 10.6. The maximum absolute atomic E-state index is 13.9. The monoisotopic (exact) mass is 520 g/mol. The van der Waals surface area contributed by atoms with Gasteiger partial charge in [-0.15, -0.1) is 11.3 Å². The summed E-state index contributed by atoms with van der Waals surface area (Å²) in [5.74, 6) is 1.15. The molecular weight excluding hydrogens is 488 g/mol. The predicted molar refractivity (Wildman–Crippen MR) is 142 cm³/mol. The number of rotatable bonds is 9. The van der Waals surface area contributed by atoms with Gasteiger partial charge in [0.25, 0.3) is 5.91 Å². The van der Waals surface area contributed by atoms with Gasteiger partial charge >= 0.3 is 0 Å². The molecule has 1 fully saturated rings. The average molecular weight is 521 g/mol. The number of benzene rings is 2. The van der Waals surface area contributed by atoms with E-state index in [-0.39, 0.29) is 31.3 Å². The molecule has 194 valence electrons. The van der Waals surface area contributed by atoms with Gasteiger partial charge in [0, 0.05) is 30.1 Å². The van der Waals surface area contributed by atoms with E-state index in [9.17, 15) is 9.59 Å². The number of carbonyl (C=O) groups is 2. The van der Waals surface area contributed by atoms with Crippen molar-refractivity contribution >= 4 is 23.2 Å². The first-order valence-electron chi connectivity index (χ1n) is 12.6. The van der Waals surface area contributed by atoms with E-state index in [0.29, 0.717) is 43.3 Å². The molecule has 2 aliphatic heterocycles. The molecule has 2 amide bonds. The van der Waals surface area contributed by atoms with E-state index in [1.807, 2.05) is 59.7 Å². The van der Waals surface area contributed by atoms with Crippen LogP contribution in [0.5, 0.6) is 11.5 Å². The minimum Gasteiger partial charge on any atom is -0.454 e. The van der Waals surface area contributed by atoms with Crippen molar-refractivity contribution in [3.8, 4) is 11.5 Å². The first-order valence-corrected chi connectivity index (χ1v) is 13.5. The van der Waals surface area contributed by atoms with Crippen LogP contribution in [0.4, 0.5) is 0 Å². The van der Waals surface area contributed by atoms with Crippen LogP contribution in [0.2, 0.25) is 0 Å². The van der Waals surface area contributed by atoms with Gasteiger partial charge in [-0.05, 0) is 73.0 Å². The van der Waals surface area contributed by atoms with Crippen molar-refractivity contribution in [1.82, 2.24) is 9.80 Å². The number of hydrogen-bond acceptors (Lipinski definition) is 6. The zero-order chi connectivity index (χ0) is 25.8. The maximum Gasteiger partial charge on any atom is 0.254 e. The van der Waals surface area contributed by atoms with E-state index in [1.54, 1.807) is 16.2 Å². The van der Waals surface area contributed by atoms with Gasteiger partial charge in [0.1, 0.15) is 6.54 Å². The second-order valence-electron chi connectivity index (χ2n) is 9.60. The molecule has 0 radical (unpaired) electrons. The van der Waals surface area contributed by atoms with Gasteiger partial charge in [-0.25, -0.2) is 0 Å². The summed E-state index contributed by atoms with van der Waals surface area (Å²) in [5, 5.41) is 2.04. The minimum absolute atomic E-state index is 0.0119. The summed E-state index contributed by atoms with van der Waals surface area (Å²) in [6, 6.07) is 15.3. The molecule has 0 spiro atoms. The molecule has 0 saturated carbocycles. The molecule has 0 bridgehead atoms. The summed E-state index contributed by atoms with van der Waals surface area (Å²) in [5.41, 5.74) is 3.61. The maximum atomic E-state index is 13.9. The highest BCUT2D eigenvalue weighted by Gasteiger charge is 2.28. The molecular formula is C29H32N2O5S. The minimum atomic E-state index is -0.141. The lowest BCUT2D eigenvalue weighted by molar-refractivity contribution is -0.133. The number of fused-ring (bicyclic) bond motifs is 1. The topological polar surface area (TPSA) is 68.3 Å². The lowest BCUT2D eigenvalue weighted by atomic mass is 10.1. The Morgan fingerprint density at radius 1 is 0.973 bits per heavy atom. The average Bonchev–Trinajstić information content (AvgIpc) is 3.66. The fourth-order valence-electron chi connectivity index (χ4n) is 4.73. The first-order chi connectivity index (χ1) is 18.0. The van der Waals surface area contributed by atoms with Gasteiger partial charge in [-0.2, -0.15) is 0 Å². The van der Waals surface area contributed by atoms with Gasteiger partial charge in [0.15, 0.2) is 11.5 Å². The van der Waals surface area contributed by atoms with Crippen LogP contribution in [0.15, 0.2) is 53.9 Å². The van der Waals surface area contributed by atoms with Crippen molar-refractivity contribution in [3.05, 3.63) is 81.0 Å². The third kappa shape index (κ3) is 5.97. The molecule has 1 atom stereocenters. The number of hydrogen-bond donors (Lipinski definition) is 0. The van der Waals surface area contributed by atoms with Gasteiger partial charge < -0.3 is 24.0 Å². The van der Waals surface area contributed by atoms with Gasteiger partial charge in [0.2, 0.25) is 12.7 Å². The predicted octanol–water partition coefficient (Wildman–Crippen LogP) is 4.94. The standard InChI is InChI=1S/C29H32N2O5S/c1-20-6-3-4-8-24(20)29(33)31(16-23-7-5-12-34-23)18-28(32)30(17-27-21(2)11-13-37-27)15-22-9-10-25-26(14-22)36-19-35-25/h3-4,6,8-11,13-14,23H,5,7,12,15-19H2,1-2H3/t23-/m1/s1. The van der Waals surface area contributed by atoms with E-state index < -0.39 is 0 Å². The van der Waals surface area contributed by atoms with Crippen molar-refractivity contribution in [2.75, 3.05) is 26.5 Å². The highest BCUT2D eigenvalue weighted by molar-refractivity contribution is 7.10. The van der Waals surface area contributed by atoms with Crippen LogP contribution in [-0.2, 0) is 22.6 Å². The quantitative estimate of drug-likeness (QED) is 0.400. The molecule has 5 rings (SSSR count). The highest BCUT2D eigenvalue weighted by atomic mass is 32.1. The van der Waals surface area contributed by atoms with Crippen molar-refractivity contribution in [1.29, 1.82) is 0 Å². The Bertz CT molecular complexity index is 1270. The zero-order valence-corrected chi connectivity index (χ0v) is 22.1. The summed E-state index contributed by atoms with van der Waals surface area (Å²) in [6.45, 7) is 6.14. The Morgan fingerprint density at radius 3 is 2.57 bits per heavy atom. The van der Waals surface area contributed by atoms with Crippen LogP contribution in [-0.4, -0.2) is 54.2 Å². The second kappa shape index (κ2) is 11.4. The fourth-order valence-corrected chi connectivity index (χ4v) is 5.65. The molecule has 3 heterocycles. The van der Waals surface area contributed by atoms with Crippen LogP contribution in [0.1, 0.15) is 44.8 Å². The Hall–Kier alpha value is -3.36. The Morgan fingerprint density at radius 2 is 1.81 bits per heavy atom. The van der Waals surface area contributed by atoms with Gasteiger partial charge in [-0.3, -0.25) is 9.59 Å². The zero-order valence-electron chi connectivity index (χ0n) is 21.3. The van der Waals surface area contributed by atoms with Crippen LogP contribution < -0.4 is 9.47 Å². The van der Waals surface area contributed by atoms with Crippen molar-refractivity contribution < 1.29 is 23.8 Å². The molecule has 0 N–H and O–H groups in total. The van der Waals surface area contributed by atoms with Crippen molar-refractivity contribution in [3.63, 3.8) is 0 Å².